The third-order valence-corrected chi connectivity index (χ3v) is 16.2. The number of hydrogen-bond acceptors (Lipinski definition) is 13. The van der Waals surface area contributed by atoms with E-state index in [9.17, 15) is 39.0 Å². The van der Waals surface area contributed by atoms with Gasteiger partial charge >= 0.3 is 5.97 Å². The van der Waals surface area contributed by atoms with Crippen molar-refractivity contribution in [3.05, 3.63) is 124 Å². The van der Waals surface area contributed by atoms with Gasteiger partial charge in [-0.3, -0.25) is 29.3 Å². The Morgan fingerprint density at radius 3 is 2.39 bits per heavy atom. The van der Waals surface area contributed by atoms with Gasteiger partial charge in [0.15, 0.2) is 10.8 Å². The number of aliphatic hydroxyl groups excluding tert-OH is 1. The fraction of sp³-hybridized carbons (Fsp3) is 0.421. The molecule has 1 saturated heterocycles. The molecular weight excluding hydrogens is 1000 g/mol. The third kappa shape index (κ3) is 13.3. The third-order valence-electron chi connectivity index (χ3n) is 14.2. The highest BCUT2D eigenvalue weighted by molar-refractivity contribution is 7.22. The number of carbonyl (C=O) groups excluding carboxylic acids is 5. The summed E-state index contributed by atoms with van der Waals surface area (Å²) in [4.78, 5) is 100.0. The van der Waals surface area contributed by atoms with Crippen molar-refractivity contribution in [2.75, 3.05) is 36.9 Å². The van der Waals surface area contributed by atoms with Crippen molar-refractivity contribution < 1.29 is 39.0 Å². The van der Waals surface area contributed by atoms with Crippen molar-refractivity contribution in [3.8, 4) is 10.4 Å². The van der Waals surface area contributed by atoms with E-state index in [0.29, 0.717) is 80.2 Å². The highest BCUT2D eigenvalue weighted by Gasteiger charge is 2.45. The maximum absolute atomic E-state index is 14.2. The highest BCUT2D eigenvalue weighted by Crippen LogP contribution is 2.32. The van der Waals surface area contributed by atoms with Crippen LogP contribution in [0.1, 0.15) is 127 Å². The zero-order chi connectivity index (χ0) is 54.3. The van der Waals surface area contributed by atoms with Crippen LogP contribution in [-0.2, 0) is 38.6 Å². The van der Waals surface area contributed by atoms with Crippen LogP contribution < -0.4 is 20.9 Å². The second kappa shape index (κ2) is 24.3. The van der Waals surface area contributed by atoms with Crippen LogP contribution in [0.25, 0.3) is 20.7 Å². The molecule has 0 saturated carbocycles. The number of nitrogens with zero attached hydrogens (tertiary/aromatic N) is 6. The molecule has 5 N–H and O–H groups in total. The second-order valence-electron chi connectivity index (χ2n) is 20.9. The minimum atomic E-state index is -1.12. The number of aryl methyl sites for hydroxylation is 2. The lowest BCUT2D eigenvalue weighted by Crippen LogP contribution is -2.57. The predicted molar refractivity (Wildman–Crippen MR) is 295 cm³/mol. The number of pyridine rings is 1. The predicted octanol–water partition coefficient (Wildman–Crippen LogP) is 8.35. The van der Waals surface area contributed by atoms with Crippen LogP contribution in [-0.4, -0.2) is 115 Å². The molecule has 0 bridgehead atoms. The number of aliphatic hydroxyl groups is 1. The lowest BCUT2D eigenvalue weighted by molar-refractivity contribution is -0.144. The summed E-state index contributed by atoms with van der Waals surface area (Å²) in [5, 5.41) is 30.3. The molecule has 19 heteroatoms. The molecule has 76 heavy (non-hydrogen) atoms. The summed E-state index contributed by atoms with van der Waals surface area (Å²) >= 11 is 2.98. The molecule has 0 radical (unpaired) electrons. The summed E-state index contributed by atoms with van der Waals surface area (Å²) in [6.07, 6.45) is 2.97. The number of benzene rings is 3. The van der Waals surface area contributed by atoms with Gasteiger partial charge in [0.05, 0.1) is 38.4 Å². The number of amides is 5. The first kappa shape index (κ1) is 55.2. The average Bonchev–Trinajstić information content (AvgIpc) is 4.14. The summed E-state index contributed by atoms with van der Waals surface area (Å²) in [6, 6.07) is 22.7. The number of thiazole rings is 2. The van der Waals surface area contributed by atoms with Crippen LogP contribution in [0.5, 0.6) is 0 Å². The molecule has 3 aromatic carbocycles. The van der Waals surface area contributed by atoms with E-state index in [1.54, 1.807) is 29.4 Å². The lowest BCUT2D eigenvalue weighted by atomic mass is 9.85. The van der Waals surface area contributed by atoms with E-state index in [-0.39, 0.29) is 61.2 Å². The van der Waals surface area contributed by atoms with E-state index in [1.165, 1.54) is 16.2 Å². The molecule has 400 valence electrons. The SMILES string of the molecule is Cc1ncsc1-c1ccc([C@H](C)NC(=O)[C@@H]2C[C@@H](O)CN2C(=O)[C@@H](NC(=O)CCCN(C)C(=O)CCCCCc2ccc(N3CCc4cccc(C(=O)Nc5nc6ccccc6s5)c4C3)nc2C(=O)O)C(C)(C)C)cc1. The Hall–Kier alpha value is -7.09. The van der Waals surface area contributed by atoms with Crippen LogP contribution in [0, 0.1) is 12.3 Å². The van der Waals surface area contributed by atoms with Gasteiger partial charge in [0, 0.05) is 58.1 Å². The first-order valence-corrected chi connectivity index (χ1v) is 27.6. The summed E-state index contributed by atoms with van der Waals surface area (Å²) in [5.74, 6) is -2.12. The van der Waals surface area contributed by atoms with Gasteiger partial charge in [-0.15, -0.1) is 11.3 Å². The zero-order valence-corrected chi connectivity index (χ0v) is 45.6. The van der Waals surface area contributed by atoms with Gasteiger partial charge in [0.2, 0.25) is 23.6 Å². The van der Waals surface area contributed by atoms with E-state index in [4.69, 9.17) is 0 Å². The Bertz CT molecular complexity index is 3060. The molecule has 2 aliphatic rings. The van der Waals surface area contributed by atoms with Gasteiger partial charge in [0.25, 0.3) is 5.91 Å². The number of aromatic carboxylic acids is 1. The minimum absolute atomic E-state index is 0.0172. The first-order chi connectivity index (χ1) is 36.3. The molecule has 3 aromatic heterocycles. The van der Waals surface area contributed by atoms with Gasteiger partial charge in [0.1, 0.15) is 17.9 Å². The number of rotatable bonds is 20. The highest BCUT2D eigenvalue weighted by atomic mass is 32.1. The van der Waals surface area contributed by atoms with E-state index in [1.807, 2.05) is 118 Å². The molecule has 2 aliphatic heterocycles. The molecule has 8 rings (SSSR count). The fourth-order valence-corrected chi connectivity index (χ4v) is 11.6. The number of nitrogens with one attached hydrogen (secondary N) is 3. The Labute approximate surface area is 451 Å². The number of carboxylic acid groups (broad SMARTS) is 1. The monoisotopic (exact) mass is 1070 g/mol. The number of β-amino-alcohol motifs (C(OH)–C–C–N with tert-alkyl or cyclic N) is 1. The van der Waals surface area contributed by atoms with E-state index in [2.05, 4.69) is 30.9 Å². The normalized spacial score (nSPS) is 16.2. The summed E-state index contributed by atoms with van der Waals surface area (Å²) < 4.78 is 0.979. The van der Waals surface area contributed by atoms with E-state index < -0.39 is 35.5 Å². The minimum Gasteiger partial charge on any atom is -0.477 e. The maximum Gasteiger partial charge on any atom is 0.354 e. The van der Waals surface area contributed by atoms with E-state index >= 15 is 0 Å². The molecule has 17 nitrogen and oxygen atoms in total. The molecule has 4 atom stereocenters. The maximum atomic E-state index is 14.2. The summed E-state index contributed by atoms with van der Waals surface area (Å²) in [7, 11) is 1.69. The number of carbonyl (C=O) groups is 6. The van der Waals surface area contributed by atoms with Crippen LogP contribution in [0.2, 0.25) is 0 Å². The molecule has 0 unspecified atom stereocenters. The molecule has 0 spiro atoms. The number of aromatic nitrogens is 3. The fourth-order valence-electron chi connectivity index (χ4n) is 9.93. The number of unbranched alkanes of at least 4 members (excludes halogenated alkanes) is 2. The molecule has 5 amide bonds. The largest absolute Gasteiger partial charge is 0.477 e. The number of anilines is 2. The number of para-hydroxylation sites is 1. The summed E-state index contributed by atoms with van der Waals surface area (Å²) in [6.45, 7) is 10.6. The Kier molecular flexibility index (Phi) is 17.6. The Balaban J connectivity index is 0.766. The standard InChI is InChI=1S/C57H67N9O8S2/c1-34(36-21-23-39(24-22-36)50-35(2)58-33-75-50)59-53(71)44-30-40(67)31-66(44)54(72)51(57(3,4)5)62-47(68)19-13-28-64(6)48(69)20-9-7-8-14-38-25-26-46(61-49(38)55(73)74)65-29-27-37-15-12-16-41(42(37)32-65)52(70)63-56-60-43-17-10-11-18-45(43)76-56/h10-12,15-18,21-26,33-34,40,44,51,67H,7-9,13-14,19-20,27-32H2,1-6H3,(H,59,71)(H,62,68)(H,73,74)(H,60,63,70)/t34-,40+,44-,51+/m0/s1. The number of likely N-dealkylation sites (tertiary alicyclic amines) is 1. The average molecular weight is 1070 g/mol. The van der Waals surface area contributed by atoms with Gasteiger partial charge in [-0.1, -0.05) is 93.1 Å². The second-order valence-corrected chi connectivity index (χ2v) is 22.8. The molecule has 5 heterocycles. The van der Waals surface area contributed by atoms with Crippen molar-refractivity contribution in [1.82, 2.24) is 35.4 Å². The van der Waals surface area contributed by atoms with Crippen molar-refractivity contribution in [2.45, 2.75) is 123 Å². The number of carboxylic acids is 1. The first-order valence-electron chi connectivity index (χ1n) is 25.9. The van der Waals surface area contributed by atoms with Crippen LogP contribution >= 0.6 is 22.7 Å². The molecule has 1 fully saturated rings. The van der Waals surface area contributed by atoms with Gasteiger partial charge in [-0.05, 0) is 103 Å². The number of hydrogen-bond donors (Lipinski definition) is 5. The quantitative estimate of drug-likeness (QED) is 0.0455. The van der Waals surface area contributed by atoms with Gasteiger partial charge in [-0.25, -0.2) is 19.7 Å². The zero-order valence-electron chi connectivity index (χ0n) is 43.9. The molecule has 6 aromatic rings. The van der Waals surface area contributed by atoms with E-state index in [0.717, 1.165) is 43.0 Å². The molecular formula is C57H67N9O8S2. The van der Waals surface area contributed by atoms with Gasteiger partial charge < -0.3 is 35.5 Å². The lowest BCUT2D eigenvalue weighted by Gasteiger charge is -2.35. The van der Waals surface area contributed by atoms with Crippen molar-refractivity contribution >= 4 is 79.3 Å². The van der Waals surface area contributed by atoms with Crippen molar-refractivity contribution in [2.24, 2.45) is 5.41 Å². The van der Waals surface area contributed by atoms with Crippen molar-refractivity contribution in [1.29, 1.82) is 0 Å². The topological polar surface area (TPSA) is 227 Å². The molecule has 0 aliphatic carbocycles. The van der Waals surface area contributed by atoms with Crippen LogP contribution in [0.3, 0.4) is 0 Å². The number of fused-ring (bicyclic) bond motifs is 2. The Morgan fingerprint density at radius 1 is 0.895 bits per heavy atom. The summed E-state index contributed by atoms with van der Waals surface area (Å²) in [5.41, 5.74) is 7.83. The van der Waals surface area contributed by atoms with Crippen LogP contribution in [0.15, 0.2) is 84.4 Å². The smallest absolute Gasteiger partial charge is 0.354 e. The van der Waals surface area contributed by atoms with Gasteiger partial charge in [-0.2, -0.15) is 0 Å². The van der Waals surface area contributed by atoms with Crippen LogP contribution in [0.4, 0.5) is 10.9 Å². The Morgan fingerprint density at radius 2 is 1.67 bits per heavy atom. The van der Waals surface area contributed by atoms with Crippen molar-refractivity contribution in [3.63, 3.8) is 0 Å².